The highest BCUT2D eigenvalue weighted by molar-refractivity contribution is 6.16. The van der Waals surface area contributed by atoms with Gasteiger partial charge in [-0.25, -0.2) is 0 Å². The number of hydrogen-bond donors (Lipinski definition) is 0. The lowest BCUT2D eigenvalue weighted by molar-refractivity contribution is 0.0152. The molecule has 1 unspecified atom stereocenters. The topological polar surface area (TPSA) is 9.23 Å². The van der Waals surface area contributed by atoms with E-state index in [1.807, 2.05) is 0 Å². The van der Waals surface area contributed by atoms with Crippen molar-refractivity contribution in [2.24, 2.45) is 0 Å². The molecule has 1 heterocycles. The van der Waals surface area contributed by atoms with Crippen molar-refractivity contribution < 1.29 is 4.74 Å². The minimum atomic E-state index is 0.180. The summed E-state index contributed by atoms with van der Waals surface area (Å²) in [5, 5.41) is 0.180. The second-order valence-electron chi connectivity index (χ2n) is 5.93. The van der Waals surface area contributed by atoms with Gasteiger partial charge in [0.2, 0.25) is 0 Å². The van der Waals surface area contributed by atoms with E-state index in [1.165, 1.54) is 70.6 Å². The highest BCUT2D eigenvalue weighted by atomic mass is 28.1. The molecule has 0 amide bonds. The zero-order valence-corrected chi connectivity index (χ0v) is 14.5. The number of unbranched alkanes of at least 4 members (excludes halogenated alkanes) is 7. The van der Waals surface area contributed by atoms with Gasteiger partial charge >= 0.3 is 0 Å². The van der Waals surface area contributed by atoms with Crippen molar-refractivity contribution in [2.45, 2.75) is 82.8 Å². The van der Waals surface area contributed by atoms with Crippen LogP contribution in [0.15, 0.2) is 12.2 Å². The summed E-state index contributed by atoms with van der Waals surface area (Å²) in [6, 6.07) is 0. The van der Waals surface area contributed by atoms with Crippen LogP contribution in [0.4, 0.5) is 0 Å². The third kappa shape index (κ3) is 7.37. The Balaban J connectivity index is 1.96. The Morgan fingerprint density at radius 1 is 1.06 bits per heavy atom. The Morgan fingerprint density at radius 2 is 1.78 bits per heavy atom. The second kappa shape index (κ2) is 9.80. The van der Waals surface area contributed by atoms with Gasteiger partial charge in [-0.3, -0.25) is 0 Å². The lowest BCUT2D eigenvalue weighted by Crippen LogP contribution is -2.34. The van der Waals surface area contributed by atoms with Gasteiger partial charge in [-0.15, -0.1) is 0 Å². The molecule has 0 bridgehead atoms. The van der Waals surface area contributed by atoms with Crippen LogP contribution in [0.1, 0.15) is 77.6 Å². The molecule has 2 heteroatoms. The Bertz CT molecular complexity index is 219. The van der Waals surface area contributed by atoms with Crippen LogP contribution in [-0.2, 0) is 4.74 Å². The molecule has 0 aliphatic carbocycles. The van der Waals surface area contributed by atoms with Crippen LogP contribution in [-0.4, -0.2) is 22.1 Å². The molecular formula is C16H32OSi. The molecule has 1 atom stereocenters. The maximum atomic E-state index is 5.91. The molecule has 1 fully saturated rings. The number of hydrogen-bond acceptors (Lipinski definition) is 1. The van der Waals surface area contributed by atoms with Crippen LogP contribution >= 0.6 is 0 Å². The Morgan fingerprint density at radius 3 is 2.44 bits per heavy atom. The lowest BCUT2D eigenvalue weighted by Gasteiger charge is -2.31. The zero-order chi connectivity index (χ0) is 13.1. The van der Waals surface area contributed by atoms with E-state index in [1.54, 1.807) is 0 Å². The summed E-state index contributed by atoms with van der Waals surface area (Å²) in [4.78, 5) is 0. The second-order valence-corrected chi connectivity index (χ2v) is 7.62. The molecule has 1 rings (SSSR count). The summed E-state index contributed by atoms with van der Waals surface area (Å²) in [7, 11) is 1.14. The smallest absolute Gasteiger partial charge is 0.0655 e. The maximum absolute atomic E-state index is 5.91. The molecule has 0 saturated carbocycles. The molecule has 0 aromatic carbocycles. The van der Waals surface area contributed by atoms with Gasteiger partial charge in [-0.05, 0) is 32.1 Å². The van der Waals surface area contributed by atoms with Crippen molar-refractivity contribution in [3.05, 3.63) is 12.2 Å². The van der Waals surface area contributed by atoms with E-state index in [0.717, 1.165) is 16.8 Å². The van der Waals surface area contributed by atoms with E-state index >= 15 is 0 Å². The predicted octanol–water partition coefficient (Wildman–Crippen LogP) is 3.95. The molecule has 0 aromatic heterocycles. The van der Waals surface area contributed by atoms with Crippen molar-refractivity contribution >= 4 is 10.2 Å². The molecule has 18 heavy (non-hydrogen) atoms. The minimum Gasteiger partial charge on any atom is -0.376 e. The lowest BCUT2D eigenvalue weighted by atomic mass is 10.1. The van der Waals surface area contributed by atoms with Gasteiger partial charge < -0.3 is 4.74 Å². The van der Waals surface area contributed by atoms with Gasteiger partial charge in [0.15, 0.2) is 0 Å². The highest BCUT2D eigenvalue weighted by Crippen LogP contribution is 2.23. The quantitative estimate of drug-likeness (QED) is 0.349. The Kier molecular flexibility index (Phi) is 8.69. The Labute approximate surface area is 117 Å². The SMILES string of the molecule is CCCCCCCCCC=CC1([SiH3])CCCCO1. The molecule has 0 N–H and O–H groups in total. The molecule has 1 nitrogen and oxygen atoms in total. The summed E-state index contributed by atoms with van der Waals surface area (Å²) in [6.07, 6.45) is 19.7. The summed E-state index contributed by atoms with van der Waals surface area (Å²) in [5.41, 5.74) is 0. The summed E-state index contributed by atoms with van der Waals surface area (Å²) in [6.45, 7) is 3.26. The van der Waals surface area contributed by atoms with Crippen LogP contribution in [0.3, 0.4) is 0 Å². The van der Waals surface area contributed by atoms with E-state index in [0.29, 0.717) is 0 Å². The van der Waals surface area contributed by atoms with Crippen molar-refractivity contribution in [3.63, 3.8) is 0 Å². The van der Waals surface area contributed by atoms with Crippen LogP contribution < -0.4 is 0 Å². The van der Waals surface area contributed by atoms with Gasteiger partial charge in [0, 0.05) is 16.8 Å². The molecule has 0 spiro atoms. The molecule has 1 aliphatic heterocycles. The first-order chi connectivity index (χ1) is 8.77. The first-order valence-corrected chi connectivity index (χ1v) is 9.08. The van der Waals surface area contributed by atoms with Gasteiger partial charge in [0.05, 0.1) is 5.22 Å². The van der Waals surface area contributed by atoms with E-state index in [-0.39, 0.29) is 5.22 Å². The van der Waals surface area contributed by atoms with Crippen molar-refractivity contribution in [3.8, 4) is 0 Å². The van der Waals surface area contributed by atoms with Gasteiger partial charge in [0.1, 0.15) is 0 Å². The van der Waals surface area contributed by atoms with Crippen molar-refractivity contribution in [2.75, 3.05) is 6.61 Å². The third-order valence-corrected chi connectivity index (χ3v) is 5.07. The van der Waals surface area contributed by atoms with Gasteiger partial charge in [-0.2, -0.15) is 0 Å². The molecule has 0 radical (unpaired) electrons. The normalized spacial score (nSPS) is 24.9. The number of rotatable bonds is 9. The van der Waals surface area contributed by atoms with Crippen LogP contribution in [0.2, 0.25) is 0 Å². The first-order valence-electron chi connectivity index (χ1n) is 8.08. The van der Waals surface area contributed by atoms with E-state index < -0.39 is 0 Å². The monoisotopic (exact) mass is 268 g/mol. The summed E-state index contributed by atoms with van der Waals surface area (Å²) >= 11 is 0. The fraction of sp³-hybridized carbons (Fsp3) is 0.875. The van der Waals surface area contributed by atoms with E-state index in [2.05, 4.69) is 19.1 Å². The highest BCUT2D eigenvalue weighted by Gasteiger charge is 2.23. The molecule has 1 aliphatic rings. The van der Waals surface area contributed by atoms with E-state index in [4.69, 9.17) is 4.74 Å². The number of ether oxygens (including phenoxy) is 1. The van der Waals surface area contributed by atoms with Crippen LogP contribution in [0.5, 0.6) is 0 Å². The van der Waals surface area contributed by atoms with Crippen molar-refractivity contribution in [1.29, 1.82) is 0 Å². The van der Waals surface area contributed by atoms with Crippen molar-refractivity contribution in [1.82, 2.24) is 0 Å². The van der Waals surface area contributed by atoms with Gasteiger partial charge in [-0.1, -0.05) is 57.6 Å². The fourth-order valence-corrected chi connectivity index (χ4v) is 3.43. The average Bonchev–Trinajstić information content (AvgIpc) is 2.38. The van der Waals surface area contributed by atoms with Crippen LogP contribution in [0, 0.1) is 0 Å². The molecule has 0 aromatic rings. The Hall–Kier alpha value is -0.0831. The maximum Gasteiger partial charge on any atom is 0.0655 e. The fourth-order valence-electron chi connectivity index (χ4n) is 2.64. The zero-order valence-electron chi connectivity index (χ0n) is 12.5. The standard InChI is InChI=1S/C16H32OSi/c1-2-3-4-5-6-7-8-9-10-13-16(18)14-11-12-15-17-16/h10,13H,2-9,11-12,14-15H2,1,18H3. The summed E-state index contributed by atoms with van der Waals surface area (Å²) < 4.78 is 5.91. The first kappa shape index (κ1) is 16.0. The third-order valence-electron chi connectivity index (χ3n) is 3.94. The molecule has 1 saturated heterocycles. The van der Waals surface area contributed by atoms with Gasteiger partial charge in [0.25, 0.3) is 0 Å². The minimum absolute atomic E-state index is 0.180. The van der Waals surface area contributed by atoms with E-state index in [9.17, 15) is 0 Å². The largest absolute Gasteiger partial charge is 0.376 e. The van der Waals surface area contributed by atoms with Crippen LogP contribution in [0.25, 0.3) is 0 Å². The molecular weight excluding hydrogens is 236 g/mol. The predicted molar refractivity (Wildman–Crippen MR) is 84.2 cm³/mol. The average molecular weight is 269 g/mol. The molecule has 106 valence electrons. The summed E-state index contributed by atoms with van der Waals surface area (Å²) in [5.74, 6) is 0. The number of allylic oxidation sites excluding steroid dienone is 1.